The Morgan fingerprint density at radius 1 is 1.19 bits per heavy atom. The fourth-order valence-electron chi connectivity index (χ4n) is 3.11. The number of nitrogens with one attached hydrogen (secondary N) is 2. The zero-order chi connectivity index (χ0) is 15.7. The number of rotatable bonds is 6. The molecule has 1 aliphatic carbocycles. The molecule has 0 amide bonds. The van der Waals surface area contributed by atoms with E-state index in [2.05, 4.69) is 32.7 Å². The van der Waals surface area contributed by atoms with E-state index in [4.69, 9.17) is 0 Å². The number of aryl methyl sites for hydroxylation is 2. The van der Waals surface area contributed by atoms with Crippen LogP contribution in [-0.2, 0) is 22.9 Å². The third kappa shape index (κ3) is 4.28. The van der Waals surface area contributed by atoms with E-state index in [1.165, 1.54) is 16.0 Å². The highest BCUT2D eigenvalue weighted by molar-refractivity contribution is 7.89. The summed E-state index contributed by atoms with van der Waals surface area (Å²) >= 11 is 0. The van der Waals surface area contributed by atoms with Crippen molar-refractivity contribution in [2.75, 3.05) is 27.2 Å². The first-order valence-electron chi connectivity index (χ1n) is 7.60. The normalized spacial score (nSPS) is 15.5. The zero-order valence-electron chi connectivity index (χ0n) is 13.5. The molecule has 0 aromatic heterocycles. The Hall–Kier alpha value is -0.910. The molecule has 2 N–H and O–H groups in total. The lowest BCUT2D eigenvalue weighted by Crippen LogP contribution is -3.07. The molecule has 0 spiro atoms. The van der Waals surface area contributed by atoms with Gasteiger partial charge in [0.25, 0.3) is 0 Å². The van der Waals surface area contributed by atoms with E-state index in [9.17, 15) is 8.42 Å². The van der Waals surface area contributed by atoms with Gasteiger partial charge < -0.3 is 4.90 Å². The van der Waals surface area contributed by atoms with Crippen LogP contribution in [-0.4, -0.2) is 35.6 Å². The number of sulfonamides is 1. The van der Waals surface area contributed by atoms with Gasteiger partial charge in [-0.3, -0.25) is 0 Å². The summed E-state index contributed by atoms with van der Waals surface area (Å²) in [6.45, 7) is 5.55. The summed E-state index contributed by atoms with van der Waals surface area (Å²) < 4.78 is 27.7. The lowest BCUT2D eigenvalue weighted by molar-refractivity contribution is -0.865. The lowest BCUT2D eigenvalue weighted by Gasteiger charge is -2.26. The summed E-state index contributed by atoms with van der Waals surface area (Å²) in [4.78, 5) is 1.72. The van der Waals surface area contributed by atoms with Crippen LogP contribution in [0, 0.1) is 5.41 Å². The Bertz CT molecular complexity index is 607. The van der Waals surface area contributed by atoms with Crippen molar-refractivity contribution in [1.82, 2.24) is 4.72 Å². The molecule has 0 saturated carbocycles. The summed E-state index contributed by atoms with van der Waals surface area (Å²) in [5.74, 6) is 0. The lowest BCUT2D eigenvalue weighted by atomic mass is 9.93. The van der Waals surface area contributed by atoms with E-state index in [-0.39, 0.29) is 5.41 Å². The van der Waals surface area contributed by atoms with Gasteiger partial charge in [-0.05, 0) is 42.5 Å². The minimum atomic E-state index is -3.41. The predicted octanol–water partition coefficient (Wildman–Crippen LogP) is 0.624. The molecule has 2 rings (SSSR count). The summed E-state index contributed by atoms with van der Waals surface area (Å²) in [5, 5.41) is 0. The highest BCUT2D eigenvalue weighted by Crippen LogP contribution is 2.24. The first kappa shape index (κ1) is 16.5. The summed E-state index contributed by atoms with van der Waals surface area (Å²) in [6, 6.07) is 5.54. The van der Waals surface area contributed by atoms with E-state index in [0.29, 0.717) is 11.4 Å². The van der Waals surface area contributed by atoms with Crippen LogP contribution >= 0.6 is 0 Å². The molecular formula is C16H27N2O2S+. The Morgan fingerprint density at radius 2 is 1.86 bits per heavy atom. The third-order valence-corrected chi connectivity index (χ3v) is 5.35. The average molecular weight is 311 g/mol. The topological polar surface area (TPSA) is 50.6 Å². The Labute approximate surface area is 128 Å². The van der Waals surface area contributed by atoms with Crippen LogP contribution < -0.4 is 9.62 Å². The number of hydrogen-bond donors (Lipinski definition) is 2. The second kappa shape index (κ2) is 6.07. The maximum atomic E-state index is 12.4. The van der Waals surface area contributed by atoms with Crippen LogP contribution in [0.15, 0.2) is 23.1 Å². The van der Waals surface area contributed by atoms with Gasteiger partial charge >= 0.3 is 0 Å². The largest absolute Gasteiger partial charge is 0.339 e. The highest BCUT2D eigenvalue weighted by Gasteiger charge is 2.25. The maximum Gasteiger partial charge on any atom is 0.240 e. The van der Waals surface area contributed by atoms with Crippen LogP contribution in [0.4, 0.5) is 0 Å². The zero-order valence-corrected chi connectivity index (χ0v) is 14.3. The second-order valence-corrected chi connectivity index (χ2v) is 8.92. The SMILES string of the molecule is C[NH+](C)CC(C)(C)CNS(=O)(=O)c1ccc2c(c1)CCC2. The van der Waals surface area contributed by atoms with Crippen LogP contribution in [0.3, 0.4) is 0 Å². The van der Waals surface area contributed by atoms with Gasteiger partial charge in [-0.25, -0.2) is 13.1 Å². The van der Waals surface area contributed by atoms with Gasteiger partial charge in [0, 0.05) is 12.0 Å². The number of hydrogen-bond acceptors (Lipinski definition) is 2. The summed E-state index contributed by atoms with van der Waals surface area (Å²) in [6.07, 6.45) is 3.20. The molecule has 0 fully saturated rings. The molecule has 1 aliphatic rings. The minimum absolute atomic E-state index is 0.0668. The fourth-order valence-corrected chi connectivity index (χ4v) is 4.40. The monoisotopic (exact) mass is 311 g/mol. The molecule has 0 unspecified atom stereocenters. The maximum absolute atomic E-state index is 12.4. The van der Waals surface area contributed by atoms with E-state index in [1.807, 2.05) is 12.1 Å². The number of fused-ring (bicyclic) bond motifs is 1. The average Bonchev–Trinajstić information content (AvgIpc) is 2.82. The smallest absolute Gasteiger partial charge is 0.240 e. The summed E-state index contributed by atoms with van der Waals surface area (Å²) in [7, 11) is 0.750. The van der Waals surface area contributed by atoms with E-state index >= 15 is 0 Å². The van der Waals surface area contributed by atoms with Crippen LogP contribution in [0.1, 0.15) is 31.4 Å². The van der Waals surface area contributed by atoms with Gasteiger partial charge in [-0.15, -0.1) is 0 Å². The molecule has 5 heteroatoms. The molecular weight excluding hydrogens is 284 g/mol. The predicted molar refractivity (Wildman–Crippen MR) is 85.1 cm³/mol. The molecule has 21 heavy (non-hydrogen) atoms. The van der Waals surface area contributed by atoms with Crippen LogP contribution in [0.25, 0.3) is 0 Å². The van der Waals surface area contributed by atoms with Gasteiger partial charge in [0.1, 0.15) is 0 Å². The van der Waals surface area contributed by atoms with Gasteiger partial charge in [-0.2, -0.15) is 0 Å². The molecule has 0 atom stereocenters. The first-order chi connectivity index (χ1) is 9.70. The molecule has 0 aliphatic heterocycles. The molecule has 0 bridgehead atoms. The Balaban J connectivity index is 2.08. The molecule has 0 heterocycles. The van der Waals surface area contributed by atoms with Crippen molar-refractivity contribution in [2.24, 2.45) is 5.41 Å². The van der Waals surface area contributed by atoms with E-state index < -0.39 is 10.0 Å². The van der Waals surface area contributed by atoms with Crippen molar-refractivity contribution in [3.8, 4) is 0 Å². The van der Waals surface area contributed by atoms with Gasteiger partial charge in [0.05, 0.1) is 25.5 Å². The third-order valence-electron chi connectivity index (χ3n) is 3.95. The summed E-state index contributed by atoms with van der Waals surface area (Å²) in [5.41, 5.74) is 2.42. The minimum Gasteiger partial charge on any atom is -0.339 e. The number of benzene rings is 1. The fraction of sp³-hybridized carbons (Fsp3) is 0.625. The standard InChI is InChI=1S/C16H26N2O2S/c1-16(2,12-18(3)4)11-17-21(19,20)15-9-8-13-6-5-7-14(13)10-15/h8-10,17H,5-7,11-12H2,1-4H3/p+1. The molecule has 1 aromatic rings. The molecule has 1 aromatic carbocycles. The van der Waals surface area contributed by atoms with Gasteiger partial charge in [0.2, 0.25) is 10.0 Å². The van der Waals surface area contributed by atoms with Crippen LogP contribution in [0.5, 0.6) is 0 Å². The first-order valence-corrected chi connectivity index (χ1v) is 9.08. The molecule has 0 radical (unpaired) electrons. The van der Waals surface area contributed by atoms with Crippen molar-refractivity contribution >= 4 is 10.0 Å². The van der Waals surface area contributed by atoms with Gasteiger partial charge in [0.15, 0.2) is 0 Å². The van der Waals surface area contributed by atoms with Crippen molar-refractivity contribution < 1.29 is 13.3 Å². The molecule has 0 saturated heterocycles. The van der Waals surface area contributed by atoms with E-state index in [0.717, 1.165) is 25.8 Å². The number of quaternary nitrogens is 1. The quantitative estimate of drug-likeness (QED) is 0.809. The molecule has 4 nitrogen and oxygen atoms in total. The Morgan fingerprint density at radius 3 is 2.52 bits per heavy atom. The van der Waals surface area contributed by atoms with Gasteiger partial charge in [-0.1, -0.05) is 19.9 Å². The van der Waals surface area contributed by atoms with Crippen molar-refractivity contribution in [1.29, 1.82) is 0 Å². The van der Waals surface area contributed by atoms with Crippen molar-refractivity contribution in [3.63, 3.8) is 0 Å². The van der Waals surface area contributed by atoms with Crippen molar-refractivity contribution in [2.45, 2.75) is 38.0 Å². The van der Waals surface area contributed by atoms with Crippen molar-refractivity contribution in [3.05, 3.63) is 29.3 Å². The highest BCUT2D eigenvalue weighted by atomic mass is 32.2. The second-order valence-electron chi connectivity index (χ2n) is 7.16. The molecule has 118 valence electrons. The van der Waals surface area contributed by atoms with Crippen LogP contribution in [0.2, 0.25) is 0 Å². The Kier molecular flexibility index (Phi) is 4.76. The van der Waals surface area contributed by atoms with E-state index in [1.54, 1.807) is 6.07 Å².